The van der Waals surface area contributed by atoms with Crippen LogP contribution in [0.15, 0.2) is 23.7 Å². The Morgan fingerprint density at radius 3 is 2.62 bits per heavy atom. The Bertz CT molecular complexity index is 286. The second-order valence-corrected chi connectivity index (χ2v) is 3.23. The van der Waals surface area contributed by atoms with Crippen LogP contribution in [0.5, 0.6) is 0 Å². The van der Waals surface area contributed by atoms with Crippen molar-refractivity contribution in [2.75, 3.05) is 0 Å². The number of nitro groups is 1. The molecule has 2 N–H and O–H groups in total. The number of allylic oxidation sites excluding steroid dienone is 2. The molecule has 1 aliphatic rings. The van der Waals surface area contributed by atoms with E-state index >= 15 is 0 Å². The number of hydrogen-bond acceptors (Lipinski definition) is 4. The minimum atomic E-state index is -1.55. The molecule has 0 saturated carbocycles. The highest BCUT2D eigenvalue weighted by atomic mass is 16.6. The molecular weight excluding hydrogens is 173 g/mol. The number of rotatable bonds is 2. The summed E-state index contributed by atoms with van der Waals surface area (Å²) in [5.41, 5.74) is -0.808. The summed E-state index contributed by atoms with van der Waals surface area (Å²) >= 11 is 0. The van der Waals surface area contributed by atoms with Crippen molar-refractivity contribution in [3.63, 3.8) is 0 Å². The third-order valence-corrected chi connectivity index (χ3v) is 2.10. The van der Waals surface area contributed by atoms with Crippen LogP contribution < -0.4 is 0 Å². The molecule has 0 fully saturated rings. The Kier molecular flexibility index (Phi) is 2.54. The van der Waals surface area contributed by atoms with Crippen LogP contribution in [0, 0.1) is 10.1 Å². The molecule has 0 bridgehead atoms. The van der Waals surface area contributed by atoms with Crippen LogP contribution in [0.2, 0.25) is 0 Å². The Hall–Kier alpha value is -1.14. The van der Waals surface area contributed by atoms with Gasteiger partial charge in [-0.05, 0) is 11.5 Å². The van der Waals surface area contributed by atoms with Crippen LogP contribution in [0.3, 0.4) is 0 Å². The minimum absolute atomic E-state index is 0.184. The van der Waals surface area contributed by atoms with Gasteiger partial charge in [-0.1, -0.05) is 12.2 Å². The van der Waals surface area contributed by atoms with E-state index in [1.165, 1.54) is 25.2 Å². The van der Waals surface area contributed by atoms with Crippen LogP contribution in [0.1, 0.15) is 13.3 Å². The molecule has 1 atom stereocenters. The fourth-order valence-corrected chi connectivity index (χ4v) is 1.06. The molecule has 0 aliphatic heterocycles. The molecule has 0 spiro atoms. The van der Waals surface area contributed by atoms with Crippen LogP contribution in [0.25, 0.3) is 0 Å². The van der Waals surface area contributed by atoms with Gasteiger partial charge in [-0.2, -0.15) is 0 Å². The van der Waals surface area contributed by atoms with Crippen molar-refractivity contribution < 1.29 is 15.0 Å². The zero-order valence-electron chi connectivity index (χ0n) is 7.17. The highest BCUT2D eigenvalue weighted by Gasteiger charge is 2.35. The summed E-state index contributed by atoms with van der Waals surface area (Å²) < 4.78 is 0. The lowest BCUT2D eigenvalue weighted by molar-refractivity contribution is -0.549. The van der Waals surface area contributed by atoms with Gasteiger partial charge in [0.2, 0.25) is 5.54 Å². The average molecular weight is 183 g/mol. The van der Waals surface area contributed by atoms with E-state index < -0.39 is 12.7 Å². The maximum absolute atomic E-state index is 10.6. The van der Waals surface area contributed by atoms with E-state index in [1.54, 1.807) is 0 Å². The van der Waals surface area contributed by atoms with Crippen molar-refractivity contribution in [1.29, 1.82) is 0 Å². The highest BCUT2D eigenvalue weighted by molar-refractivity contribution is 6.51. The quantitative estimate of drug-likeness (QED) is 0.356. The van der Waals surface area contributed by atoms with Gasteiger partial charge in [-0.3, -0.25) is 10.1 Å². The summed E-state index contributed by atoms with van der Waals surface area (Å²) in [6, 6.07) is 0. The van der Waals surface area contributed by atoms with E-state index in [0.29, 0.717) is 5.47 Å². The predicted molar refractivity (Wildman–Crippen MR) is 47.4 cm³/mol. The molecule has 0 amide bonds. The molecule has 70 valence electrons. The van der Waals surface area contributed by atoms with Crippen LogP contribution >= 0.6 is 0 Å². The van der Waals surface area contributed by atoms with Gasteiger partial charge >= 0.3 is 7.12 Å². The summed E-state index contributed by atoms with van der Waals surface area (Å²) in [5, 5.41) is 28.1. The zero-order valence-corrected chi connectivity index (χ0v) is 7.17. The first-order chi connectivity index (χ1) is 5.96. The first kappa shape index (κ1) is 9.95. The molecule has 0 radical (unpaired) electrons. The van der Waals surface area contributed by atoms with Crippen molar-refractivity contribution in [2.45, 2.75) is 18.9 Å². The monoisotopic (exact) mass is 183 g/mol. The Morgan fingerprint density at radius 1 is 1.69 bits per heavy atom. The molecule has 0 heterocycles. The maximum atomic E-state index is 10.6. The van der Waals surface area contributed by atoms with Gasteiger partial charge in [0.25, 0.3) is 0 Å². The lowest BCUT2D eigenvalue weighted by Gasteiger charge is -2.19. The van der Waals surface area contributed by atoms with Gasteiger partial charge in [-0.15, -0.1) is 0 Å². The van der Waals surface area contributed by atoms with E-state index in [9.17, 15) is 10.1 Å². The van der Waals surface area contributed by atoms with Gasteiger partial charge in [0.05, 0.1) is 0 Å². The van der Waals surface area contributed by atoms with Gasteiger partial charge in [0.1, 0.15) is 0 Å². The lowest BCUT2D eigenvalue weighted by Crippen LogP contribution is -2.34. The fraction of sp³-hybridized carbons (Fsp3) is 0.429. The van der Waals surface area contributed by atoms with Gasteiger partial charge in [-0.25, -0.2) is 0 Å². The lowest BCUT2D eigenvalue weighted by atomic mass is 9.74. The second kappa shape index (κ2) is 3.31. The van der Waals surface area contributed by atoms with Crippen LogP contribution in [0.4, 0.5) is 0 Å². The first-order valence-electron chi connectivity index (χ1n) is 3.85. The van der Waals surface area contributed by atoms with E-state index in [1.807, 2.05) is 0 Å². The third kappa shape index (κ3) is 1.96. The molecule has 13 heavy (non-hydrogen) atoms. The van der Waals surface area contributed by atoms with E-state index in [2.05, 4.69) is 0 Å². The fourth-order valence-electron chi connectivity index (χ4n) is 1.06. The molecule has 1 rings (SSSR count). The van der Waals surface area contributed by atoms with Crippen molar-refractivity contribution >= 4 is 7.12 Å². The molecule has 1 unspecified atom stereocenters. The maximum Gasteiger partial charge on any atom is 0.488 e. The van der Waals surface area contributed by atoms with Gasteiger partial charge in [0, 0.05) is 18.3 Å². The largest absolute Gasteiger partial charge is 0.488 e. The summed E-state index contributed by atoms with van der Waals surface area (Å²) in [6.07, 6.45) is 4.40. The number of hydrogen-bond donors (Lipinski definition) is 2. The second-order valence-electron chi connectivity index (χ2n) is 3.23. The van der Waals surface area contributed by atoms with Crippen LogP contribution in [-0.4, -0.2) is 27.6 Å². The molecule has 0 saturated heterocycles. The SMILES string of the molecule is CC1([N+](=O)[O-])C=CC(B(O)O)=CC1. The summed E-state index contributed by atoms with van der Waals surface area (Å²) in [6.45, 7) is 1.49. The van der Waals surface area contributed by atoms with E-state index in [-0.39, 0.29) is 11.3 Å². The normalized spacial score (nSPS) is 26.8. The molecule has 6 heteroatoms. The van der Waals surface area contributed by atoms with E-state index in [4.69, 9.17) is 10.0 Å². The molecular formula is C7H10BNO4. The summed E-state index contributed by atoms with van der Waals surface area (Å²) in [5.74, 6) is 0. The van der Waals surface area contributed by atoms with E-state index in [0.717, 1.165) is 0 Å². The highest BCUT2D eigenvalue weighted by Crippen LogP contribution is 2.23. The third-order valence-electron chi connectivity index (χ3n) is 2.10. The van der Waals surface area contributed by atoms with Gasteiger partial charge in [0.15, 0.2) is 0 Å². The standard InChI is InChI=1S/C7H10BNO4/c1-7(9(12)13)4-2-6(3-5-7)8(10)11/h2-4,10-11H,5H2,1H3. The van der Waals surface area contributed by atoms with Crippen LogP contribution in [-0.2, 0) is 0 Å². The molecule has 5 nitrogen and oxygen atoms in total. The topological polar surface area (TPSA) is 83.6 Å². The van der Waals surface area contributed by atoms with Crippen molar-refractivity contribution in [3.05, 3.63) is 33.8 Å². The molecule has 1 aliphatic carbocycles. The van der Waals surface area contributed by atoms with Crippen molar-refractivity contribution in [1.82, 2.24) is 0 Å². The van der Waals surface area contributed by atoms with Crippen molar-refractivity contribution in [2.24, 2.45) is 0 Å². The summed E-state index contributed by atoms with van der Waals surface area (Å²) in [4.78, 5) is 10.2. The minimum Gasteiger partial charge on any atom is -0.423 e. The average Bonchev–Trinajstić information content (AvgIpc) is 2.04. The molecule has 0 aromatic heterocycles. The molecule has 0 aromatic carbocycles. The number of nitrogens with zero attached hydrogens (tertiary/aromatic N) is 1. The Morgan fingerprint density at radius 2 is 2.31 bits per heavy atom. The molecule has 0 aromatic rings. The Labute approximate surface area is 75.7 Å². The Balaban J connectivity index is 2.79. The van der Waals surface area contributed by atoms with Gasteiger partial charge < -0.3 is 10.0 Å². The zero-order chi connectivity index (χ0) is 10.1. The predicted octanol–water partition coefficient (Wildman–Crippen LogP) is -0.0799. The first-order valence-corrected chi connectivity index (χ1v) is 3.85. The summed E-state index contributed by atoms with van der Waals surface area (Å²) in [7, 11) is -1.55. The van der Waals surface area contributed by atoms with Crippen molar-refractivity contribution in [3.8, 4) is 0 Å². The smallest absolute Gasteiger partial charge is 0.423 e.